The highest BCUT2D eigenvalue weighted by Gasteiger charge is 2.23. The van der Waals surface area contributed by atoms with E-state index in [0.29, 0.717) is 0 Å². The molecule has 1 rings (SSSR count). The predicted molar refractivity (Wildman–Crippen MR) is 49.5 cm³/mol. The van der Waals surface area contributed by atoms with Gasteiger partial charge in [0.1, 0.15) is 11.3 Å². The van der Waals surface area contributed by atoms with Gasteiger partial charge in [-0.1, -0.05) is 11.6 Å². The Morgan fingerprint density at radius 3 is 2.64 bits per heavy atom. The van der Waals surface area contributed by atoms with E-state index >= 15 is 0 Å². The van der Waals surface area contributed by atoms with Crippen LogP contribution in [0.15, 0.2) is 6.20 Å². The van der Waals surface area contributed by atoms with Crippen LogP contribution in [0.2, 0.25) is 5.15 Å². The monoisotopic (exact) mass is 238 g/mol. The molecule has 1 aromatic rings. The van der Waals surface area contributed by atoms with Crippen LogP contribution in [0.3, 0.4) is 0 Å². The molecule has 0 fully saturated rings. The van der Waals surface area contributed by atoms with Crippen LogP contribution < -0.4 is 0 Å². The molecule has 0 aliphatic heterocycles. The van der Waals surface area contributed by atoms with Gasteiger partial charge in [-0.05, 0) is 0 Å². The SMILES string of the molecule is Cn1ncc(C(=O)CP(=O)(O)O)c1Cl. The Kier molecular flexibility index (Phi) is 3.11. The Labute approximate surface area is 84.6 Å². The lowest BCUT2D eigenvalue weighted by atomic mass is 10.3. The van der Waals surface area contributed by atoms with Gasteiger partial charge in [-0.3, -0.25) is 14.0 Å². The molecule has 0 bridgehead atoms. The number of nitrogens with zero attached hydrogens (tertiary/aromatic N) is 2. The van der Waals surface area contributed by atoms with E-state index in [9.17, 15) is 9.36 Å². The molecule has 1 heterocycles. The van der Waals surface area contributed by atoms with Gasteiger partial charge in [-0.25, -0.2) is 0 Å². The number of Topliss-reactive ketones (excluding diaryl/α,β-unsaturated/α-hetero) is 1. The largest absolute Gasteiger partial charge is 0.333 e. The lowest BCUT2D eigenvalue weighted by molar-refractivity contribution is 0.101. The van der Waals surface area contributed by atoms with Crippen LogP contribution in [-0.2, 0) is 11.6 Å². The zero-order valence-corrected chi connectivity index (χ0v) is 8.87. The minimum absolute atomic E-state index is 0.0255. The van der Waals surface area contributed by atoms with E-state index < -0.39 is 19.5 Å². The molecule has 0 aliphatic rings. The van der Waals surface area contributed by atoms with E-state index in [1.54, 1.807) is 0 Å². The summed E-state index contributed by atoms with van der Waals surface area (Å²) in [5.41, 5.74) is 0.0255. The summed E-state index contributed by atoms with van der Waals surface area (Å²) < 4.78 is 11.8. The van der Waals surface area contributed by atoms with Gasteiger partial charge in [-0.15, -0.1) is 0 Å². The Bertz CT molecular complexity index is 410. The average Bonchev–Trinajstić information content (AvgIpc) is 2.29. The summed E-state index contributed by atoms with van der Waals surface area (Å²) in [6.45, 7) is 0. The van der Waals surface area contributed by atoms with Crippen LogP contribution in [0, 0.1) is 0 Å². The molecule has 0 saturated carbocycles. The van der Waals surface area contributed by atoms with Crippen LogP contribution in [0.4, 0.5) is 0 Å². The first-order chi connectivity index (χ1) is 6.31. The normalized spacial score (nSPS) is 11.7. The maximum Gasteiger partial charge on any atom is 0.333 e. The van der Waals surface area contributed by atoms with Crippen LogP contribution >= 0.6 is 19.2 Å². The molecule has 2 N–H and O–H groups in total. The maximum absolute atomic E-state index is 11.3. The Hall–Kier alpha value is -0.680. The van der Waals surface area contributed by atoms with Crippen molar-refractivity contribution in [3.8, 4) is 0 Å². The van der Waals surface area contributed by atoms with Gasteiger partial charge < -0.3 is 9.79 Å². The smallest absolute Gasteiger partial charge is 0.324 e. The number of hydrogen-bond donors (Lipinski definition) is 2. The van der Waals surface area contributed by atoms with Gasteiger partial charge >= 0.3 is 7.60 Å². The third-order valence-electron chi connectivity index (χ3n) is 1.52. The van der Waals surface area contributed by atoms with Gasteiger partial charge in [0.05, 0.1) is 11.8 Å². The highest BCUT2D eigenvalue weighted by Crippen LogP contribution is 2.35. The van der Waals surface area contributed by atoms with Crippen molar-refractivity contribution in [3.63, 3.8) is 0 Å². The van der Waals surface area contributed by atoms with Crippen molar-refractivity contribution in [2.45, 2.75) is 0 Å². The fraction of sp³-hybridized carbons (Fsp3) is 0.333. The summed E-state index contributed by atoms with van der Waals surface area (Å²) in [7, 11) is -2.82. The van der Waals surface area contributed by atoms with Gasteiger partial charge in [0.2, 0.25) is 0 Å². The third-order valence-corrected chi connectivity index (χ3v) is 2.66. The molecule has 0 amide bonds. The lowest BCUT2D eigenvalue weighted by Crippen LogP contribution is -2.05. The van der Waals surface area contributed by atoms with Crippen LogP contribution in [0.1, 0.15) is 10.4 Å². The topological polar surface area (TPSA) is 92.4 Å². The lowest BCUT2D eigenvalue weighted by Gasteiger charge is -2.01. The van der Waals surface area contributed by atoms with Crippen molar-refractivity contribution in [1.29, 1.82) is 0 Å². The quantitative estimate of drug-likeness (QED) is 0.589. The van der Waals surface area contributed by atoms with Crippen LogP contribution in [-0.4, -0.2) is 31.5 Å². The molecule has 0 spiro atoms. The second-order valence-electron chi connectivity index (χ2n) is 2.72. The highest BCUT2D eigenvalue weighted by molar-refractivity contribution is 7.52. The summed E-state index contributed by atoms with van der Waals surface area (Å²) in [5.74, 6) is -0.712. The molecule has 0 aromatic carbocycles. The Morgan fingerprint density at radius 1 is 1.71 bits per heavy atom. The number of rotatable bonds is 3. The van der Waals surface area contributed by atoms with Crippen LogP contribution in [0.25, 0.3) is 0 Å². The number of carbonyl (C=O) groups excluding carboxylic acids is 1. The number of carbonyl (C=O) groups is 1. The van der Waals surface area contributed by atoms with Gasteiger partial charge in [-0.2, -0.15) is 5.10 Å². The molecule has 0 radical (unpaired) electrons. The number of aryl methyl sites for hydroxylation is 1. The number of aromatic nitrogens is 2. The zero-order valence-electron chi connectivity index (χ0n) is 7.21. The van der Waals surface area contributed by atoms with Crippen molar-refractivity contribution in [2.24, 2.45) is 7.05 Å². The van der Waals surface area contributed by atoms with E-state index in [-0.39, 0.29) is 10.7 Å². The van der Waals surface area contributed by atoms with Crippen molar-refractivity contribution in [1.82, 2.24) is 9.78 Å². The van der Waals surface area contributed by atoms with Gasteiger partial charge in [0.15, 0.2) is 5.78 Å². The van der Waals surface area contributed by atoms with Gasteiger partial charge in [0.25, 0.3) is 0 Å². The number of ketones is 1. The molecule has 78 valence electrons. The molecular weight excluding hydrogens is 231 g/mol. The second-order valence-corrected chi connectivity index (χ2v) is 4.72. The Balaban J connectivity index is 2.91. The van der Waals surface area contributed by atoms with E-state index in [1.807, 2.05) is 0 Å². The molecule has 8 heteroatoms. The molecule has 0 atom stereocenters. The summed E-state index contributed by atoms with van der Waals surface area (Å²) in [4.78, 5) is 28.4. The Morgan fingerprint density at radius 2 is 2.29 bits per heavy atom. The zero-order chi connectivity index (χ0) is 10.9. The highest BCUT2D eigenvalue weighted by atomic mass is 35.5. The minimum Gasteiger partial charge on any atom is -0.324 e. The fourth-order valence-corrected chi connectivity index (χ4v) is 1.62. The van der Waals surface area contributed by atoms with E-state index in [0.717, 1.165) is 0 Å². The van der Waals surface area contributed by atoms with Crippen LogP contribution in [0.5, 0.6) is 0 Å². The minimum atomic E-state index is -4.34. The van der Waals surface area contributed by atoms with Crippen molar-refractivity contribution in [3.05, 3.63) is 16.9 Å². The molecule has 0 aliphatic carbocycles. The first kappa shape index (κ1) is 11.4. The molecule has 14 heavy (non-hydrogen) atoms. The van der Waals surface area contributed by atoms with E-state index in [1.165, 1.54) is 17.9 Å². The molecule has 0 saturated heterocycles. The fourth-order valence-electron chi connectivity index (χ4n) is 0.882. The maximum atomic E-state index is 11.3. The second kappa shape index (κ2) is 3.82. The summed E-state index contributed by atoms with van der Waals surface area (Å²) in [5, 5.41) is 3.75. The molecular formula is C6H8ClN2O4P. The third kappa shape index (κ3) is 2.65. The van der Waals surface area contributed by atoms with Crippen molar-refractivity contribution in [2.75, 3.05) is 6.16 Å². The number of hydrogen-bond acceptors (Lipinski definition) is 3. The van der Waals surface area contributed by atoms with Gasteiger partial charge in [0, 0.05) is 7.05 Å². The number of halogens is 1. The van der Waals surface area contributed by atoms with E-state index in [2.05, 4.69) is 5.10 Å². The summed E-state index contributed by atoms with van der Waals surface area (Å²) in [6, 6.07) is 0. The summed E-state index contributed by atoms with van der Waals surface area (Å²) >= 11 is 5.66. The molecule has 1 aromatic heterocycles. The first-order valence-electron chi connectivity index (χ1n) is 3.56. The van der Waals surface area contributed by atoms with E-state index in [4.69, 9.17) is 21.4 Å². The standard InChI is InChI=1S/C6H8ClN2O4P/c1-9-6(7)4(2-8-9)5(10)3-14(11,12)13/h2H,3H2,1H3,(H2,11,12,13). The molecule has 6 nitrogen and oxygen atoms in total. The molecule has 0 unspecified atom stereocenters. The summed E-state index contributed by atoms with van der Waals surface area (Å²) in [6.07, 6.45) is 0.332. The average molecular weight is 239 g/mol. The first-order valence-corrected chi connectivity index (χ1v) is 5.74. The van der Waals surface area contributed by atoms with Crippen molar-refractivity contribution >= 4 is 25.0 Å². The predicted octanol–water partition coefficient (Wildman–Crippen LogP) is 0.434. The van der Waals surface area contributed by atoms with Crippen molar-refractivity contribution < 1.29 is 19.1 Å².